The molecule has 0 aromatic heterocycles. The molecule has 1 aliphatic carbocycles. The first kappa shape index (κ1) is 27.6. The van der Waals surface area contributed by atoms with Crippen LogP contribution in [-0.4, -0.2) is 31.3 Å². The number of hydrogen-bond donors (Lipinski definition) is 1. The standard InChI is InChI=1S/C26H44O4Si/c1-7-8-11-14-22(30-31(5,6)26(2,3)4)19-17-21-18-20-24(27)23(21)15-12-9-10-13-16-25(28)29/h9,13,18,22-23H,7-8,11-12,14-17,19-20H2,1-6H3,(H,28,29)/t10?,22-,23+/m0/s1. The zero-order valence-corrected chi connectivity index (χ0v) is 21.6. The van der Waals surface area contributed by atoms with Crippen molar-refractivity contribution in [3.05, 3.63) is 29.5 Å². The van der Waals surface area contributed by atoms with E-state index in [-0.39, 0.29) is 23.5 Å². The van der Waals surface area contributed by atoms with E-state index < -0.39 is 14.3 Å². The molecule has 1 N–H and O–H groups in total. The molecule has 0 heterocycles. The molecule has 0 aliphatic heterocycles. The Hall–Kier alpha value is -1.42. The van der Waals surface area contributed by atoms with E-state index in [0.29, 0.717) is 12.2 Å². The lowest BCUT2D eigenvalue weighted by molar-refractivity contribution is -0.136. The van der Waals surface area contributed by atoms with Gasteiger partial charge in [0.1, 0.15) is 5.78 Å². The maximum absolute atomic E-state index is 12.4. The fraction of sp³-hybridized carbons (Fsp3) is 0.731. The third-order valence-corrected chi connectivity index (χ3v) is 11.2. The molecule has 0 saturated heterocycles. The normalized spacial score (nSPS) is 17.8. The third kappa shape index (κ3) is 10.2. The highest BCUT2D eigenvalue weighted by Crippen LogP contribution is 2.39. The van der Waals surface area contributed by atoms with Crippen LogP contribution in [0.25, 0.3) is 0 Å². The number of aliphatic carboxylic acids is 1. The molecular weight excluding hydrogens is 404 g/mol. The summed E-state index contributed by atoms with van der Waals surface area (Å²) < 4.78 is 6.77. The maximum Gasteiger partial charge on any atom is 0.307 e. The molecule has 4 nitrogen and oxygen atoms in total. The number of carbonyl (C=O) groups is 2. The van der Waals surface area contributed by atoms with Crippen molar-refractivity contribution in [2.45, 2.75) is 116 Å². The van der Waals surface area contributed by atoms with E-state index in [2.05, 4.69) is 52.6 Å². The number of rotatable bonds is 14. The molecule has 0 spiro atoms. The van der Waals surface area contributed by atoms with Crippen molar-refractivity contribution in [1.82, 2.24) is 0 Å². The molecule has 1 aliphatic rings. The predicted octanol–water partition coefficient (Wildman–Crippen LogP) is 7.22. The van der Waals surface area contributed by atoms with Gasteiger partial charge in [-0.15, -0.1) is 5.73 Å². The van der Waals surface area contributed by atoms with Gasteiger partial charge in [-0.1, -0.05) is 58.6 Å². The highest BCUT2D eigenvalue weighted by Gasteiger charge is 2.39. The summed E-state index contributed by atoms with van der Waals surface area (Å²) in [6.45, 7) is 13.7. The number of Topliss-reactive ketones (excluding diaryl/α,β-unsaturated/α-hetero) is 1. The predicted molar refractivity (Wildman–Crippen MR) is 131 cm³/mol. The zero-order chi connectivity index (χ0) is 23.5. The smallest absolute Gasteiger partial charge is 0.307 e. The van der Waals surface area contributed by atoms with E-state index in [1.165, 1.54) is 30.9 Å². The van der Waals surface area contributed by atoms with Gasteiger partial charge < -0.3 is 9.53 Å². The van der Waals surface area contributed by atoms with Crippen LogP contribution in [0.5, 0.6) is 0 Å². The van der Waals surface area contributed by atoms with Gasteiger partial charge in [0.25, 0.3) is 0 Å². The summed E-state index contributed by atoms with van der Waals surface area (Å²) in [4.78, 5) is 22.9. The number of unbranched alkanes of at least 4 members (excludes halogenated alkanes) is 2. The van der Waals surface area contributed by atoms with Gasteiger partial charge in [0.15, 0.2) is 8.32 Å². The summed E-state index contributed by atoms with van der Waals surface area (Å²) >= 11 is 0. The van der Waals surface area contributed by atoms with E-state index in [1.54, 1.807) is 0 Å². The van der Waals surface area contributed by atoms with E-state index in [4.69, 9.17) is 9.53 Å². The largest absolute Gasteiger partial charge is 0.481 e. The average molecular weight is 449 g/mol. The van der Waals surface area contributed by atoms with Gasteiger partial charge in [-0.25, -0.2) is 0 Å². The second-order valence-electron chi connectivity index (χ2n) is 10.3. The van der Waals surface area contributed by atoms with Crippen LogP contribution in [0.3, 0.4) is 0 Å². The number of carboxylic acids is 1. The lowest BCUT2D eigenvalue weighted by Crippen LogP contribution is -2.44. The summed E-state index contributed by atoms with van der Waals surface area (Å²) in [7, 11) is -1.82. The molecule has 0 saturated carbocycles. The molecule has 0 bridgehead atoms. The Labute approximate surface area is 191 Å². The number of carbonyl (C=O) groups excluding carboxylic acids is 1. The molecule has 0 aromatic rings. The van der Waals surface area contributed by atoms with Crippen molar-refractivity contribution in [3.63, 3.8) is 0 Å². The maximum atomic E-state index is 12.4. The Bertz CT molecular complexity index is 678. The molecular formula is C26H44O4Si. The SMILES string of the molecule is CCCCC[C@@H](CCC1=CCC(=O)[C@@H]1CCC=C=CCC(=O)O)O[Si](C)(C)C(C)(C)C. The second-order valence-corrected chi connectivity index (χ2v) is 15.0. The summed E-state index contributed by atoms with van der Waals surface area (Å²) in [5.41, 5.74) is 4.18. The molecule has 0 aromatic carbocycles. The fourth-order valence-corrected chi connectivity index (χ4v) is 5.14. The first-order chi connectivity index (χ1) is 14.5. The molecule has 5 heteroatoms. The van der Waals surface area contributed by atoms with Gasteiger partial charge in [0.2, 0.25) is 0 Å². The van der Waals surface area contributed by atoms with Crippen molar-refractivity contribution < 1.29 is 19.1 Å². The lowest BCUT2D eigenvalue weighted by Gasteiger charge is -2.39. The molecule has 176 valence electrons. The van der Waals surface area contributed by atoms with Crippen molar-refractivity contribution in [3.8, 4) is 0 Å². The quantitative estimate of drug-likeness (QED) is 0.132. The van der Waals surface area contributed by atoms with Gasteiger partial charge in [-0.3, -0.25) is 9.59 Å². The Morgan fingerprint density at radius 3 is 2.61 bits per heavy atom. The topological polar surface area (TPSA) is 63.6 Å². The van der Waals surface area contributed by atoms with Gasteiger partial charge >= 0.3 is 5.97 Å². The van der Waals surface area contributed by atoms with Crippen molar-refractivity contribution in [2.75, 3.05) is 0 Å². The average Bonchev–Trinajstić information content (AvgIpc) is 3.01. The number of ketones is 1. The monoisotopic (exact) mass is 448 g/mol. The Morgan fingerprint density at radius 2 is 2.00 bits per heavy atom. The molecule has 0 amide bonds. The lowest BCUT2D eigenvalue weighted by atomic mass is 9.91. The van der Waals surface area contributed by atoms with Gasteiger partial charge in [-0.2, -0.15) is 0 Å². The minimum absolute atomic E-state index is 0.00156. The van der Waals surface area contributed by atoms with Crippen molar-refractivity contribution in [1.29, 1.82) is 0 Å². The molecule has 1 rings (SSSR count). The molecule has 0 fully saturated rings. The van der Waals surface area contributed by atoms with Crippen LogP contribution in [0.4, 0.5) is 0 Å². The summed E-state index contributed by atoms with van der Waals surface area (Å²) in [5.74, 6) is -0.544. The van der Waals surface area contributed by atoms with Crippen LogP contribution in [0, 0.1) is 5.92 Å². The van der Waals surface area contributed by atoms with E-state index in [9.17, 15) is 9.59 Å². The van der Waals surface area contributed by atoms with Crippen LogP contribution < -0.4 is 0 Å². The first-order valence-corrected chi connectivity index (χ1v) is 14.9. The number of allylic oxidation sites excluding steroid dienone is 2. The number of carboxylic acid groups (broad SMARTS) is 1. The van der Waals surface area contributed by atoms with E-state index in [1.807, 2.05) is 6.08 Å². The Balaban J connectivity index is 2.68. The Morgan fingerprint density at radius 1 is 1.29 bits per heavy atom. The second kappa shape index (κ2) is 13.2. The summed E-state index contributed by atoms with van der Waals surface area (Å²) in [6.07, 6.45) is 14.5. The van der Waals surface area contributed by atoms with E-state index >= 15 is 0 Å². The zero-order valence-electron chi connectivity index (χ0n) is 20.6. The molecule has 0 radical (unpaired) electrons. The van der Waals surface area contributed by atoms with Crippen LogP contribution >= 0.6 is 0 Å². The highest BCUT2D eigenvalue weighted by molar-refractivity contribution is 6.74. The van der Waals surface area contributed by atoms with Crippen LogP contribution in [0.15, 0.2) is 29.5 Å². The molecule has 2 atom stereocenters. The van der Waals surface area contributed by atoms with Gasteiger partial charge in [0.05, 0.1) is 6.42 Å². The third-order valence-electron chi connectivity index (χ3n) is 6.67. The highest BCUT2D eigenvalue weighted by atomic mass is 28.4. The Kier molecular flexibility index (Phi) is 11.8. The minimum Gasteiger partial charge on any atom is -0.481 e. The summed E-state index contributed by atoms with van der Waals surface area (Å²) in [5, 5.41) is 8.85. The molecule has 0 unspecified atom stereocenters. The molecule has 31 heavy (non-hydrogen) atoms. The van der Waals surface area contributed by atoms with Crippen LogP contribution in [0.2, 0.25) is 18.1 Å². The van der Waals surface area contributed by atoms with Crippen molar-refractivity contribution >= 4 is 20.1 Å². The number of hydrogen-bond acceptors (Lipinski definition) is 3. The first-order valence-electron chi connectivity index (χ1n) is 12.0. The van der Waals surface area contributed by atoms with Crippen LogP contribution in [0.1, 0.15) is 91.9 Å². The summed E-state index contributed by atoms with van der Waals surface area (Å²) in [6, 6.07) is 0. The van der Waals surface area contributed by atoms with Gasteiger partial charge in [0, 0.05) is 18.4 Å². The van der Waals surface area contributed by atoms with Crippen molar-refractivity contribution in [2.24, 2.45) is 5.92 Å². The van der Waals surface area contributed by atoms with E-state index in [0.717, 1.165) is 32.1 Å². The van der Waals surface area contributed by atoms with Gasteiger partial charge in [-0.05, 0) is 62.4 Å². The van der Waals surface area contributed by atoms with Crippen LogP contribution in [-0.2, 0) is 14.0 Å². The fourth-order valence-electron chi connectivity index (χ4n) is 3.71. The minimum atomic E-state index is -1.82.